The highest BCUT2D eigenvalue weighted by atomic mass is 127. The fraction of sp³-hybridized carbons (Fsp3) is 0.385. The number of carboxylic acid groups (broad SMARTS) is 1. The highest BCUT2D eigenvalue weighted by Gasteiger charge is 2.03. The van der Waals surface area contributed by atoms with Crippen LogP contribution in [0.25, 0.3) is 0 Å². The number of halogens is 1. The van der Waals surface area contributed by atoms with Crippen LogP contribution in [0.15, 0.2) is 24.3 Å². The SMILES string of the molecule is O=C(O)CCCCNC(=O)Cc1cccc(I)c1. The molecule has 0 unspecified atom stereocenters. The van der Waals surface area contributed by atoms with Gasteiger partial charge in [-0.3, -0.25) is 9.59 Å². The van der Waals surface area contributed by atoms with E-state index >= 15 is 0 Å². The molecule has 0 spiro atoms. The summed E-state index contributed by atoms with van der Waals surface area (Å²) in [5, 5.41) is 11.2. The summed E-state index contributed by atoms with van der Waals surface area (Å²) < 4.78 is 1.11. The van der Waals surface area contributed by atoms with E-state index in [-0.39, 0.29) is 12.3 Å². The third-order valence-electron chi connectivity index (χ3n) is 2.39. The van der Waals surface area contributed by atoms with Gasteiger partial charge in [-0.15, -0.1) is 0 Å². The van der Waals surface area contributed by atoms with Gasteiger partial charge < -0.3 is 10.4 Å². The molecule has 1 aromatic rings. The number of carbonyl (C=O) groups excluding carboxylic acids is 1. The van der Waals surface area contributed by atoms with E-state index in [1.165, 1.54) is 0 Å². The summed E-state index contributed by atoms with van der Waals surface area (Å²) in [5.74, 6) is -0.812. The van der Waals surface area contributed by atoms with E-state index in [1.807, 2.05) is 24.3 Å². The Kier molecular flexibility index (Phi) is 6.70. The van der Waals surface area contributed by atoms with Crippen LogP contribution in [0.2, 0.25) is 0 Å². The van der Waals surface area contributed by atoms with Gasteiger partial charge in [0, 0.05) is 16.5 Å². The molecule has 98 valence electrons. The van der Waals surface area contributed by atoms with Crippen LogP contribution in [0.4, 0.5) is 0 Å². The average Bonchev–Trinajstić information content (AvgIpc) is 2.28. The Hall–Kier alpha value is -1.11. The molecule has 0 aliphatic heterocycles. The molecule has 4 nitrogen and oxygen atoms in total. The number of amides is 1. The quantitative estimate of drug-likeness (QED) is 0.578. The normalized spacial score (nSPS) is 10.1. The third-order valence-corrected chi connectivity index (χ3v) is 3.06. The highest BCUT2D eigenvalue weighted by Crippen LogP contribution is 2.08. The Morgan fingerprint density at radius 1 is 1.28 bits per heavy atom. The van der Waals surface area contributed by atoms with Crippen LogP contribution in [0.3, 0.4) is 0 Å². The maximum absolute atomic E-state index is 11.6. The average molecular weight is 361 g/mol. The molecule has 0 fully saturated rings. The topological polar surface area (TPSA) is 66.4 Å². The molecule has 0 heterocycles. The zero-order valence-electron chi connectivity index (χ0n) is 9.99. The van der Waals surface area contributed by atoms with Gasteiger partial charge in [0.25, 0.3) is 0 Å². The molecule has 0 radical (unpaired) electrons. The first-order valence-corrected chi connectivity index (χ1v) is 6.89. The number of rotatable bonds is 7. The molecule has 2 N–H and O–H groups in total. The fourth-order valence-electron chi connectivity index (χ4n) is 1.52. The molecule has 1 amide bonds. The van der Waals surface area contributed by atoms with E-state index in [9.17, 15) is 9.59 Å². The Bertz CT molecular complexity index is 420. The minimum Gasteiger partial charge on any atom is -0.481 e. The van der Waals surface area contributed by atoms with E-state index in [2.05, 4.69) is 27.9 Å². The van der Waals surface area contributed by atoms with Gasteiger partial charge in [-0.25, -0.2) is 0 Å². The number of unbranched alkanes of at least 4 members (excludes halogenated alkanes) is 1. The Labute approximate surface area is 120 Å². The van der Waals surface area contributed by atoms with E-state index < -0.39 is 5.97 Å². The van der Waals surface area contributed by atoms with Crippen molar-refractivity contribution in [2.75, 3.05) is 6.54 Å². The van der Waals surface area contributed by atoms with Crippen molar-refractivity contribution in [2.45, 2.75) is 25.7 Å². The van der Waals surface area contributed by atoms with Crippen LogP contribution < -0.4 is 5.32 Å². The number of benzene rings is 1. The molecular formula is C13H16INO3. The summed E-state index contributed by atoms with van der Waals surface area (Å²) >= 11 is 2.21. The first-order chi connectivity index (χ1) is 8.58. The minimum atomic E-state index is -0.791. The fourth-order valence-corrected chi connectivity index (χ4v) is 2.13. The van der Waals surface area contributed by atoms with Crippen LogP contribution >= 0.6 is 22.6 Å². The molecule has 18 heavy (non-hydrogen) atoms. The zero-order chi connectivity index (χ0) is 13.4. The second-order valence-corrected chi connectivity index (χ2v) is 5.25. The standard InChI is InChI=1S/C13H16INO3/c14-11-5-3-4-10(8-11)9-12(16)15-7-2-1-6-13(17)18/h3-5,8H,1-2,6-7,9H2,(H,15,16)(H,17,18). The summed E-state index contributed by atoms with van der Waals surface area (Å²) in [5.41, 5.74) is 0.991. The molecule has 1 aromatic carbocycles. The Morgan fingerprint density at radius 2 is 2.06 bits per heavy atom. The van der Waals surface area contributed by atoms with Gasteiger partial charge in [0.2, 0.25) is 5.91 Å². The van der Waals surface area contributed by atoms with Gasteiger partial charge in [-0.2, -0.15) is 0 Å². The maximum atomic E-state index is 11.6. The van der Waals surface area contributed by atoms with Crippen molar-refractivity contribution in [3.8, 4) is 0 Å². The summed E-state index contributed by atoms with van der Waals surface area (Å²) in [7, 11) is 0. The highest BCUT2D eigenvalue weighted by molar-refractivity contribution is 14.1. The van der Waals surface area contributed by atoms with Gasteiger partial charge >= 0.3 is 5.97 Å². The van der Waals surface area contributed by atoms with Crippen LogP contribution in [0.5, 0.6) is 0 Å². The van der Waals surface area contributed by atoms with Crippen LogP contribution in [-0.2, 0) is 16.0 Å². The molecule has 1 rings (SSSR count). The van der Waals surface area contributed by atoms with Gasteiger partial charge in [0.05, 0.1) is 6.42 Å². The second-order valence-electron chi connectivity index (χ2n) is 4.01. The number of carbonyl (C=O) groups is 2. The van der Waals surface area contributed by atoms with E-state index in [1.54, 1.807) is 0 Å². The van der Waals surface area contributed by atoms with Crippen molar-refractivity contribution in [1.82, 2.24) is 5.32 Å². The van der Waals surface area contributed by atoms with Crippen molar-refractivity contribution in [1.29, 1.82) is 0 Å². The van der Waals surface area contributed by atoms with E-state index in [0.29, 0.717) is 25.8 Å². The van der Waals surface area contributed by atoms with Crippen LogP contribution in [0, 0.1) is 3.57 Å². The Balaban J connectivity index is 2.20. The molecule has 5 heteroatoms. The van der Waals surface area contributed by atoms with Crippen molar-refractivity contribution in [3.63, 3.8) is 0 Å². The number of hydrogen-bond donors (Lipinski definition) is 2. The molecule has 0 saturated heterocycles. The second kappa shape index (κ2) is 8.07. The zero-order valence-corrected chi connectivity index (χ0v) is 12.1. The number of nitrogens with one attached hydrogen (secondary N) is 1. The van der Waals surface area contributed by atoms with Crippen molar-refractivity contribution < 1.29 is 14.7 Å². The van der Waals surface area contributed by atoms with Gasteiger partial charge in [0.15, 0.2) is 0 Å². The number of aliphatic carboxylic acids is 1. The van der Waals surface area contributed by atoms with Crippen molar-refractivity contribution >= 4 is 34.5 Å². The molecule has 0 bridgehead atoms. The maximum Gasteiger partial charge on any atom is 0.303 e. The summed E-state index contributed by atoms with van der Waals surface area (Å²) in [6.45, 7) is 0.538. The molecular weight excluding hydrogens is 345 g/mol. The predicted molar refractivity (Wildman–Crippen MR) is 77.4 cm³/mol. The lowest BCUT2D eigenvalue weighted by molar-refractivity contribution is -0.137. The predicted octanol–water partition coefficient (Wildman–Crippen LogP) is 2.20. The van der Waals surface area contributed by atoms with Gasteiger partial charge in [-0.1, -0.05) is 12.1 Å². The minimum absolute atomic E-state index is 0.0210. The van der Waals surface area contributed by atoms with Crippen molar-refractivity contribution in [2.24, 2.45) is 0 Å². The van der Waals surface area contributed by atoms with E-state index in [4.69, 9.17) is 5.11 Å². The number of hydrogen-bond acceptors (Lipinski definition) is 2. The summed E-state index contributed by atoms with van der Waals surface area (Å²) in [4.78, 5) is 21.9. The van der Waals surface area contributed by atoms with Crippen molar-refractivity contribution in [3.05, 3.63) is 33.4 Å². The number of carboxylic acids is 1. The molecule has 0 atom stereocenters. The van der Waals surface area contributed by atoms with Gasteiger partial charge in [-0.05, 0) is 53.1 Å². The monoisotopic (exact) mass is 361 g/mol. The lowest BCUT2D eigenvalue weighted by Gasteiger charge is -2.05. The molecule has 0 aliphatic rings. The lowest BCUT2D eigenvalue weighted by atomic mass is 10.1. The lowest BCUT2D eigenvalue weighted by Crippen LogP contribution is -2.26. The first kappa shape index (κ1) is 14.9. The molecule has 0 aliphatic carbocycles. The van der Waals surface area contributed by atoms with Gasteiger partial charge in [0.1, 0.15) is 0 Å². The van der Waals surface area contributed by atoms with Crippen LogP contribution in [-0.4, -0.2) is 23.5 Å². The third kappa shape index (κ3) is 6.58. The van der Waals surface area contributed by atoms with Crippen LogP contribution in [0.1, 0.15) is 24.8 Å². The molecule has 0 aromatic heterocycles. The summed E-state index contributed by atoms with van der Waals surface area (Å²) in [6, 6.07) is 7.81. The first-order valence-electron chi connectivity index (χ1n) is 5.81. The largest absolute Gasteiger partial charge is 0.481 e. The smallest absolute Gasteiger partial charge is 0.303 e. The summed E-state index contributed by atoms with van der Waals surface area (Å²) in [6.07, 6.45) is 1.83. The van der Waals surface area contributed by atoms with E-state index in [0.717, 1.165) is 9.13 Å². The Morgan fingerprint density at radius 3 is 2.72 bits per heavy atom. The molecule has 0 saturated carbocycles.